The van der Waals surface area contributed by atoms with Gasteiger partial charge < -0.3 is 10.2 Å². The maximum atomic E-state index is 12.6. The Hall–Kier alpha value is -1.91. The van der Waals surface area contributed by atoms with E-state index >= 15 is 0 Å². The van der Waals surface area contributed by atoms with Crippen LogP contribution in [0.1, 0.15) is 32.9 Å². The first-order chi connectivity index (χ1) is 9.88. The van der Waals surface area contributed by atoms with Crippen LogP contribution in [0, 0.1) is 5.41 Å². The second kappa shape index (κ2) is 6.24. The maximum absolute atomic E-state index is 12.6. The summed E-state index contributed by atoms with van der Waals surface area (Å²) < 4.78 is 0. The Morgan fingerprint density at radius 2 is 2.10 bits per heavy atom. The summed E-state index contributed by atoms with van der Waals surface area (Å²) in [5, 5.41) is 2.85. The van der Waals surface area contributed by atoms with E-state index in [9.17, 15) is 9.59 Å². The van der Waals surface area contributed by atoms with Gasteiger partial charge in [-0.3, -0.25) is 14.6 Å². The third-order valence-electron chi connectivity index (χ3n) is 3.70. The van der Waals surface area contributed by atoms with Crippen molar-refractivity contribution >= 4 is 11.8 Å². The lowest BCUT2D eigenvalue weighted by Crippen LogP contribution is -2.52. The van der Waals surface area contributed by atoms with E-state index < -0.39 is 6.04 Å². The zero-order valence-electron chi connectivity index (χ0n) is 12.9. The predicted molar refractivity (Wildman–Crippen MR) is 80.5 cm³/mol. The van der Waals surface area contributed by atoms with E-state index in [0.717, 1.165) is 5.69 Å². The average Bonchev–Trinajstić information content (AvgIpc) is 2.57. The maximum Gasteiger partial charge on any atom is 0.245 e. The van der Waals surface area contributed by atoms with Crippen molar-refractivity contribution in [3.63, 3.8) is 0 Å². The first kappa shape index (κ1) is 15.5. The van der Waals surface area contributed by atoms with E-state index in [0.29, 0.717) is 25.9 Å². The number of hydrogen-bond acceptors (Lipinski definition) is 3. The highest BCUT2D eigenvalue weighted by Gasteiger charge is 2.37. The van der Waals surface area contributed by atoms with Crippen LogP contribution in [0.2, 0.25) is 0 Å². The van der Waals surface area contributed by atoms with Crippen LogP contribution in [-0.2, 0) is 16.0 Å². The number of aromatic nitrogens is 1. The number of amides is 2. The van der Waals surface area contributed by atoms with Gasteiger partial charge in [-0.05, 0) is 17.5 Å². The molecule has 1 aromatic rings. The summed E-state index contributed by atoms with van der Waals surface area (Å²) in [7, 11) is 0. The third-order valence-corrected chi connectivity index (χ3v) is 3.70. The van der Waals surface area contributed by atoms with Crippen molar-refractivity contribution in [1.82, 2.24) is 15.2 Å². The van der Waals surface area contributed by atoms with Crippen LogP contribution in [0.3, 0.4) is 0 Å². The number of nitrogens with zero attached hydrogens (tertiary/aromatic N) is 2. The van der Waals surface area contributed by atoms with Crippen LogP contribution in [0.25, 0.3) is 0 Å². The lowest BCUT2D eigenvalue weighted by atomic mass is 9.86. The number of nitrogens with one attached hydrogen (secondary N) is 1. The summed E-state index contributed by atoms with van der Waals surface area (Å²) in [5.74, 6) is -0.0482. The lowest BCUT2D eigenvalue weighted by molar-refractivity contribution is -0.136. The van der Waals surface area contributed by atoms with E-state index in [1.54, 1.807) is 11.1 Å². The van der Waals surface area contributed by atoms with Crippen molar-refractivity contribution in [2.75, 3.05) is 13.1 Å². The van der Waals surface area contributed by atoms with Crippen molar-refractivity contribution < 1.29 is 9.59 Å². The van der Waals surface area contributed by atoms with Crippen LogP contribution < -0.4 is 5.32 Å². The molecule has 1 fully saturated rings. The van der Waals surface area contributed by atoms with Crippen LogP contribution in [0.4, 0.5) is 0 Å². The van der Waals surface area contributed by atoms with Crippen LogP contribution in [0.15, 0.2) is 24.4 Å². The summed E-state index contributed by atoms with van der Waals surface area (Å²) in [6.45, 7) is 6.98. The Balaban J connectivity index is 2.07. The fourth-order valence-corrected chi connectivity index (χ4v) is 2.43. The molecule has 2 rings (SSSR count). The molecule has 1 unspecified atom stereocenters. The summed E-state index contributed by atoms with van der Waals surface area (Å²) in [6.07, 6.45) is 2.82. The standard InChI is InChI=1S/C16H23N3O2/c1-16(2,3)14-15(21)19(11-8-13(20)18-14)10-7-12-6-4-5-9-17-12/h4-6,9,14H,7-8,10-11H2,1-3H3,(H,18,20). The van der Waals surface area contributed by atoms with E-state index in [1.807, 2.05) is 39.0 Å². The summed E-state index contributed by atoms with van der Waals surface area (Å²) >= 11 is 0. The van der Waals surface area contributed by atoms with Crippen LogP contribution >= 0.6 is 0 Å². The molecule has 0 aliphatic carbocycles. The molecule has 0 saturated carbocycles. The minimum atomic E-state index is -0.462. The normalized spacial score (nSPS) is 20.1. The van der Waals surface area contributed by atoms with E-state index in [4.69, 9.17) is 0 Å². The second-order valence-corrected chi connectivity index (χ2v) is 6.51. The molecule has 2 amide bonds. The Labute approximate surface area is 125 Å². The molecule has 1 aliphatic rings. The fraction of sp³-hybridized carbons (Fsp3) is 0.562. The number of hydrogen-bond donors (Lipinski definition) is 1. The Morgan fingerprint density at radius 3 is 2.71 bits per heavy atom. The molecule has 5 heteroatoms. The van der Waals surface area contributed by atoms with Gasteiger partial charge in [-0.1, -0.05) is 26.8 Å². The Bertz CT molecular complexity index is 508. The lowest BCUT2D eigenvalue weighted by Gasteiger charge is -2.32. The number of pyridine rings is 1. The molecular weight excluding hydrogens is 266 g/mol. The van der Waals surface area contributed by atoms with Gasteiger partial charge in [-0.15, -0.1) is 0 Å². The van der Waals surface area contributed by atoms with Crippen LogP contribution in [-0.4, -0.2) is 40.8 Å². The fourth-order valence-electron chi connectivity index (χ4n) is 2.43. The molecule has 114 valence electrons. The van der Waals surface area contributed by atoms with Gasteiger partial charge >= 0.3 is 0 Å². The molecule has 0 aromatic carbocycles. The van der Waals surface area contributed by atoms with Crippen molar-refractivity contribution in [3.8, 4) is 0 Å². The zero-order chi connectivity index (χ0) is 15.5. The number of carbonyl (C=O) groups is 2. The quantitative estimate of drug-likeness (QED) is 0.914. The molecule has 5 nitrogen and oxygen atoms in total. The zero-order valence-corrected chi connectivity index (χ0v) is 12.9. The first-order valence-corrected chi connectivity index (χ1v) is 7.36. The van der Waals surface area contributed by atoms with E-state index in [-0.39, 0.29) is 17.2 Å². The first-order valence-electron chi connectivity index (χ1n) is 7.36. The molecule has 0 bridgehead atoms. The summed E-state index contributed by atoms with van der Waals surface area (Å²) in [6, 6.07) is 5.30. The third kappa shape index (κ3) is 4.03. The molecule has 2 heterocycles. The van der Waals surface area contributed by atoms with Gasteiger partial charge in [-0.25, -0.2) is 0 Å². The largest absolute Gasteiger partial charge is 0.344 e. The van der Waals surface area contributed by atoms with Crippen LogP contribution in [0.5, 0.6) is 0 Å². The highest BCUT2D eigenvalue weighted by atomic mass is 16.2. The molecule has 1 saturated heterocycles. The minimum absolute atomic E-state index is 0.00396. The highest BCUT2D eigenvalue weighted by Crippen LogP contribution is 2.23. The Kier molecular flexibility index (Phi) is 4.60. The minimum Gasteiger partial charge on any atom is -0.344 e. The van der Waals surface area contributed by atoms with Gasteiger partial charge in [-0.2, -0.15) is 0 Å². The van der Waals surface area contributed by atoms with Crippen molar-refractivity contribution in [2.24, 2.45) is 5.41 Å². The molecule has 1 aliphatic heterocycles. The van der Waals surface area contributed by atoms with Crippen molar-refractivity contribution in [3.05, 3.63) is 30.1 Å². The molecule has 0 radical (unpaired) electrons. The smallest absolute Gasteiger partial charge is 0.245 e. The van der Waals surface area contributed by atoms with Crippen molar-refractivity contribution in [1.29, 1.82) is 0 Å². The summed E-state index contributed by atoms with van der Waals surface area (Å²) in [4.78, 5) is 30.5. The topological polar surface area (TPSA) is 62.3 Å². The average molecular weight is 289 g/mol. The van der Waals surface area contributed by atoms with Gasteiger partial charge in [0.05, 0.1) is 0 Å². The van der Waals surface area contributed by atoms with E-state index in [1.165, 1.54) is 0 Å². The van der Waals surface area contributed by atoms with Gasteiger partial charge in [0.2, 0.25) is 11.8 Å². The predicted octanol–water partition coefficient (Wildman–Crippen LogP) is 1.39. The van der Waals surface area contributed by atoms with Crippen molar-refractivity contribution in [2.45, 2.75) is 39.7 Å². The number of carbonyl (C=O) groups excluding carboxylic acids is 2. The molecule has 0 spiro atoms. The number of rotatable bonds is 3. The van der Waals surface area contributed by atoms with Gasteiger partial charge in [0.15, 0.2) is 0 Å². The van der Waals surface area contributed by atoms with E-state index in [2.05, 4.69) is 10.3 Å². The molecular formula is C16H23N3O2. The molecule has 1 N–H and O–H groups in total. The SMILES string of the molecule is CC(C)(C)C1NC(=O)CCN(CCc2ccccn2)C1=O. The van der Waals surface area contributed by atoms with Gasteiger partial charge in [0.1, 0.15) is 6.04 Å². The van der Waals surface area contributed by atoms with Gasteiger partial charge in [0, 0.05) is 37.8 Å². The molecule has 1 aromatic heterocycles. The van der Waals surface area contributed by atoms with Gasteiger partial charge in [0.25, 0.3) is 0 Å². The second-order valence-electron chi connectivity index (χ2n) is 6.51. The summed E-state index contributed by atoms with van der Waals surface area (Å²) in [5.41, 5.74) is 0.668. The molecule has 1 atom stereocenters. The highest BCUT2D eigenvalue weighted by molar-refractivity contribution is 5.90. The monoisotopic (exact) mass is 289 g/mol. The Morgan fingerprint density at radius 1 is 1.33 bits per heavy atom. The molecule has 21 heavy (non-hydrogen) atoms.